The van der Waals surface area contributed by atoms with E-state index in [-0.39, 0.29) is 17.7 Å². The molecule has 4 rings (SSSR count). The molecular formula is C37H49N5O5. The number of hydrogen-bond acceptors (Lipinski definition) is 7. The first-order chi connectivity index (χ1) is 22.7. The van der Waals surface area contributed by atoms with Crippen LogP contribution in [0.2, 0.25) is 0 Å². The summed E-state index contributed by atoms with van der Waals surface area (Å²) >= 11 is 0. The number of ether oxygens (including phenoxy) is 2. The summed E-state index contributed by atoms with van der Waals surface area (Å²) in [5.41, 5.74) is 9.55. The summed E-state index contributed by atoms with van der Waals surface area (Å²) in [4.78, 5) is 45.0. The van der Waals surface area contributed by atoms with Gasteiger partial charge in [-0.3, -0.25) is 14.4 Å². The number of nitrogens with two attached hydrogens (primary N) is 1. The lowest BCUT2D eigenvalue weighted by Gasteiger charge is -2.32. The summed E-state index contributed by atoms with van der Waals surface area (Å²) in [5.74, 6) is 0.885. The molecule has 0 bridgehead atoms. The fourth-order valence-corrected chi connectivity index (χ4v) is 5.44. The summed E-state index contributed by atoms with van der Waals surface area (Å²) < 4.78 is 11.9. The predicted molar refractivity (Wildman–Crippen MR) is 187 cm³/mol. The quantitative estimate of drug-likeness (QED) is 0.217. The largest absolute Gasteiger partial charge is 0.493 e. The highest BCUT2D eigenvalue weighted by Crippen LogP contribution is 2.31. The smallest absolute Gasteiger partial charge is 0.259 e. The number of hydrogen-bond donors (Lipinski definition) is 2. The number of nitrogens with one attached hydrogen (secondary N) is 1. The van der Waals surface area contributed by atoms with Crippen molar-refractivity contribution in [2.24, 2.45) is 5.73 Å². The second-order valence-corrected chi connectivity index (χ2v) is 12.1. The maximum Gasteiger partial charge on any atom is 0.259 e. The molecule has 0 unspecified atom stereocenters. The van der Waals surface area contributed by atoms with Gasteiger partial charge in [0.1, 0.15) is 11.5 Å². The highest BCUT2D eigenvalue weighted by atomic mass is 16.5. The third kappa shape index (κ3) is 10.0. The van der Waals surface area contributed by atoms with Gasteiger partial charge in [-0.2, -0.15) is 0 Å². The monoisotopic (exact) mass is 643 g/mol. The first-order valence-electron chi connectivity index (χ1n) is 16.5. The number of piperazine rings is 1. The molecule has 0 saturated carbocycles. The molecule has 1 saturated heterocycles. The Bertz CT molecular complexity index is 1520. The lowest BCUT2D eigenvalue weighted by atomic mass is 10.1. The van der Waals surface area contributed by atoms with Crippen LogP contribution in [0.5, 0.6) is 11.5 Å². The van der Waals surface area contributed by atoms with Crippen LogP contribution in [0.1, 0.15) is 63.9 Å². The summed E-state index contributed by atoms with van der Waals surface area (Å²) in [6.45, 7) is 8.76. The van der Waals surface area contributed by atoms with E-state index in [1.54, 1.807) is 48.3 Å². The molecule has 0 spiro atoms. The van der Waals surface area contributed by atoms with Crippen molar-refractivity contribution in [3.63, 3.8) is 0 Å². The van der Waals surface area contributed by atoms with Crippen LogP contribution in [-0.4, -0.2) is 87.6 Å². The number of unbranched alkanes of at least 4 members (excludes halogenated alkanes) is 2. The molecule has 0 aliphatic carbocycles. The van der Waals surface area contributed by atoms with E-state index in [0.717, 1.165) is 56.6 Å². The van der Waals surface area contributed by atoms with Gasteiger partial charge in [0.25, 0.3) is 11.8 Å². The third-order valence-electron chi connectivity index (χ3n) is 8.39. The van der Waals surface area contributed by atoms with Gasteiger partial charge in [-0.25, -0.2) is 0 Å². The molecule has 3 amide bonds. The van der Waals surface area contributed by atoms with Crippen molar-refractivity contribution in [1.82, 2.24) is 9.80 Å². The van der Waals surface area contributed by atoms with Gasteiger partial charge in [-0.05, 0) is 107 Å². The van der Waals surface area contributed by atoms with Crippen molar-refractivity contribution in [3.8, 4) is 11.5 Å². The van der Waals surface area contributed by atoms with Crippen molar-refractivity contribution in [3.05, 3.63) is 82.9 Å². The molecule has 252 valence electrons. The minimum atomic E-state index is -0.296. The number of likely N-dealkylation sites (N-methyl/N-ethyl adjacent to an activating group) is 1. The van der Waals surface area contributed by atoms with Gasteiger partial charge in [0.05, 0.1) is 24.5 Å². The molecule has 1 heterocycles. The molecule has 10 nitrogen and oxygen atoms in total. The zero-order chi connectivity index (χ0) is 33.8. The number of amides is 3. The average molecular weight is 644 g/mol. The Balaban J connectivity index is 1.32. The Kier molecular flexibility index (Phi) is 13.2. The summed E-state index contributed by atoms with van der Waals surface area (Å²) in [7, 11) is 3.82. The molecule has 47 heavy (non-hydrogen) atoms. The summed E-state index contributed by atoms with van der Waals surface area (Å²) in [6.07, 6.45) is 3.80. The number of carbonyl (C=O) groups excluding carboxylic acids is 3. The molecule has 0 radical (unpaired) electrons. The van der Waals surface area contributed by atoms with Crippen LogP contribution in [0.15, 0.2) is 60.7 Å². The highest BCUT2D eigenvalue weighted by molar-refractivity contribution is 6.08. The first-order valence-corrected chi connectivity index (χ1v) is 16.5. The summed E-state index contributed by atoms with van der Waals surface area (Å²) in [6, 6.07) is 18.1. The minimum Gasteiger partial charge on any atom is -0.493 e. The van der Waals surface area contributed by atoms with E-state index >= 15 is 0 Å². The molecule has 3 N–H and O–H groups in total. The zero-order valence-electron chi connectivity index (χ0n) is 28.2. The maximum absolute atomic E-state index is 13.6. The molecule has 1 aliphatic rings. The van der Waals surface area contributed by atoms with E-state index in [2.05, 4.69) is 17.3 Å². The minimum absolute atomic E-state index is 0.194. The van der Waals surface area contributed by atoms with E-state index < -0.39 is 0 Å². The normalized spacial score (nSPS) is 13.3. The molecule has 0 aromatic heterocycles. The fraction of sp³-hybridized carbons (Fsp3) is 0.432. The van der Waals surface area contributed by atoms with Gasteiger partial charge >= 0.3 is 0 Å². The van der Waals surface area contributed by atoms with Crippen molar-refractivity contribution in [1.29, 1.82) is 0 Å². The molecule has 3 aromatic rings. The van der Waals surface area contributed by atoms with Crippen molar-refractivity contribution in [2.75, 3.05) is 70.2 Å². The van der Waals surface area contributed by atoms with Crippen LogP contribution in [-0.2, 0) is 4.79 Å². The standard InChI is InChI=1S/C37H49N5O5/c1-27-14-17-32(34(25-27)47-23-9-5-6-13-35(43)42-21-19-40(3)20-22-42)41(4)37(45)29-15-16-31(28(2)26-29)39-36(44)30-11-7-8-12-33(30)46-24-10-18-38/h7-8,11-12,14-17,25-26H,5-6,9-10,13,18-24,38H2,1-4H3,(H,39,44). The topological polar surface area (TPSA) is 117 Å². The number of benzene rings is 3. The molecule has 1 aliphatic heterocycles. The maximum atomic E-state index is 13.6. The van der Waals surface area contributed by atoms with Crippen molar-refractivity contribution in [2.45, 2.75) is 46.0 Å². The van der Waals surface area contributed by atoms with Crippen molar-refractivity contribution < 1.29 is 23.9 Å². The van der Waals surface area contributed by atoms with Gasteiger partial charge < -0.3 is 35.2 Å². The van der Waals surface area contributed by atoms with Crippen LogP contribution < -0.4 is 25.4 Å². The fourth-order valence-electron chi connectivity index (χ4n) is 5.44. The van der Waals surface area contributed by atoms with Gasteiger partial charge in [-0.15, -0.1) is 0 Å². The van der Waals surface area contributed by atoms with Gasteiger partial charge in [0.15, 0.2) is 0 Å². The number of rotatable bonds is 15. The molecule has 1 fully saturated rings. The number of carbonyl (C=O) groups is 3. The predicted octanol–water partition coefficient (Wildman–Crippen LogP) is 5.27. The van der Waals surface area contributed by atoms with Crippen molar-refractivity contribution >= 4 is 29.1 Å². The number of anilines is 2. The Morgan fingerprint density at radius 1 is 0.851 bits per heavy atom. The van der Waals surface area contributed by atoms with Crippen LogP contribution in [0.4, 0.5) is 11.4 Å². The van der Waals surface area contributed by atoms with E-state index in [0.29, 0.717) is 66.6 Å². The van der Waals surface area contributed by atoms with Gasteiger partial charge in [0.2, 0.25) is 5.91 Å². The Hall–Kier alpha value is -4.41. The third-order valence-corrected chi connectivity index (χ3v) is 8.39. The second-order valence-electron chi connectivity index (χ2n) is 12.1. The van der Waals surface area contributed by atoms with E-state index in [4.69, 9.17) is 15.2 Å². The summed E-state index contributed by atoms with van der Waals surface area (Å²) in [5, 5.41) is 2.95. The Morgan fingerprint density at radius 3 is 2.32 bits per heavy atom. The highest BCUT2D eigenvalue weighted by Gasteiger charge is 2.21. The lowest BCUT2D eigenvalue weighted by molar-refractivity contribution is -0.132. The van der Waals surface area contributed by atoms with Crippen LogP contribution in [0.25, 0.3) is 0 Å². The zero-order valence-corrected chi connectivity index (χ0v) is 28.2. The Morgan fingerprint density at radius 2 is 1.57 bits per heavy atom. The number of para-hydroxylation sites is 1. The van der Waals surface area contributed by atoms with Gasteiger partial charge in [-0.1, -0.05) is 18.2 Å². The lowest BCUT2D eigenvalue weighted by Crippen LogP contribution is -2.47. The number of nitrogens with zero attached hydrogens (tertiary/aromatic N) is 3. The molecule has 10 heteroatoms. The van der Waals surface area contributed by atoms with Gasteiger partial charge in [0, 0.05) is 50.9 Å². The molecule has 0 atom stereocenters. The average Bonchev–Trinajstić information content (AvgIpc) is 3.07. The Labute approximate surface area is 278 Å². The molecular weight excluding hydrogens is 594 g/mol. The molecule has 3 aromatic carbocycles. The van der Waals surface area contributed by atoms with E-state index in [1.165, 1.54) is 0 Å². The van der Waals surface area contributed by atoms with E-state index in [1.807, 2.05) is 43.0 Å². The van der Waals surface area contributed by atoms with Crippen LogP contribution in [0.3, 0.4) is 0 Å². The number of aryl methyl sites for hydroxylation is 2. The van der Waals surface area contributed by atoms with E-state index in [9.17, 15) is 14.4 Å². The second kappa shape index (κ2) is 17.5. The van der Waals surface area contributed by atoms with Crippen LogP contribution in [0, 0.1) is 13.8 Å². The van der Waals surface area contributed by atoms with Crippen LogP contribution >= 0.6 is 0 Å². The first kappa shape index (κ1) is 35.4. The SMILES string of the molecule is Cc1ccc(N(C)C(=O)c2ccc(NC(=O)c3ccccc3OCCCN)c(C)c2)c(OCCCCCC(=O)N2CCN(C)CC2)c1.